The molecule has 7 heteroatoms. The van der Waals surface area contributed by atoms with Gasteiger partial charge in [-0.3, -0.25) is 4.79 Å². The van der Waals surface area contributed by atoms with E-state index in [1.54, 1.807) is 36.1 Å². The fourth-order valence-corrected chi connectivity index (χ4v) is 2.24. The Morgan fingerprint density at radius 2 is 2.10 bits per heavy atom. The SMILES string of the molecule is CC(CCCC(F)(F)F)N(CC(=O)O)c1cccc(Cl)c1. The lowest BCUT2D eigenvalue weighted by Crippen LogP contribution is -2.37. The first-order valence-electron chi connectivity index (χ1n) is 6.50. The van der Waals surface area contributed by atoms with Gasteiger partial charge in [0.2, 0.25) is 0 Å². The minimum absolute atomic E-state index is 0.0403. The van der Waals surface area contributed by atoms with E-state index in [1.165, 1.54) is 0 Å². The summed E-state index contributed by atoms with van der Waals surface area (Å²) in [6.07, 6.45) is -4.85. The minimum Gasteiger partial charge on any atom is -0.480 e. The van der Waals surface area contributed by atoms with Gasteiger partial charge < -0.3 is 10.0 Å². The zero-order valence-electron chi connectivity index (χ0n) is 11.5. The van der Waals surface area contributed by atoms with Gasteiger partial charge in [0.1, 0.15) is 6.54 Å². The van der Waals surface area contributed by atoms with Gasteiger partial charge in [-0.05, 0) is 38.0 Å². The van der Waals surface area contributed by atoms with Crippen molar-refractivity contribution in [3.63, 3.8) is 0 Å². The number of anilines is 1. The zero-order chi connectivity index (χ0) is 16.0. The first-order chi connectivity index (χ1) is 9.69. The van der Waals surface area contributed by atoms with Crippen LogP contribution in [0.15, 0.2) is 24.3 Å². The van der Waals surface area contributed by atoms with Gasteiger partial charge in [0.15, 0.2) is 0 Å². The molecular formula is C14H17ClF3NO2. The van der Waals surface area contributed by atoms with E-state index in [0.717, 1.165) is 0 Å². The van der Waals surface area contributed by atoms with E-state index in [9.17, 15) is 18.0 Å². The lowest BCUT2D eigenvalue weighted by Gasteiger charge is -2.30. The van der Waals surface area contributed by atoms with E-state index in [1.807, 2.05) is 0 Å². The standard InChI is InChI=1S/C14H17ClF3NO2/c1-10(4-3-7-14(16,17)18)19(9-13(20)21)12-6-2-5-11(15)8-12/h2,5-6,8,10H,3-4,7,9H2,1H3,(H,20,21). The molecule has 1 atom stereocenters. The van der Waals surface area contributed by atoms with Crippen molar-refractivity contribution in [3.05, 3.63) is 29.3 Å². The van der Waals surface area contributed by atoms with E-state index >= 15 is 0 Å². The molecule has 0 radical (unpaired) electrons. The Hall–Kier alpha value is -1.43. The van der Waals surface area contributed by atoms with Gasteiger partial charge in [-0.2, -0.15) is 13.2 Å². The highest BCUT2D eigenvalue weighted by Crippen LogP contribution is 2.26. The van der Waals surface area contributed by atoms with Crippen LogP contribution in [0.5, 0.6) is 0 Å². The summed E-state index contributed by atoms with van der Waals surface area (Å²) >= 11 is 5.87. The third kappa shape index (κ3) is 6.71. The molecule has 1 aromatic rings. The van der Waals surface area contributed by atoms with Crippen LogP contribution in [0.25, 0.3) is 0 Å². The van der Waals surface area contributed by atoms with Crippen LogP contribution >= 0.6 is 11.6 Å². The quantitative estimate of drug-likeness (QED) is 0.811. The van der Waals surface area contributed by atoms with Crippen LogP contribution in [0.1, 0.15) is 26.2 Å². The Morgan fingerprint density at radius 1 is 1.43 bits per heavy atom. The molecule has 0 fully saturated rings. The average molecular weight is 324 g/mol. The molecule has 0 spiro atoms. The van der Waals surface area contributed by atoms with Crippen molar-refractivity contribution < 1.29 is 23.1 Å². The summed E-state index contributed by atoms with van der Waals surface area (Å²) in [6.45, 7) is 1.42. The Balaban J connectivity index is 2.75. The normalized spacial score (nSPS) is 13.0. The van der Waals surface area contributed by atoms with Gasteiger partial charge in [0.25, 0.3) is 0 Å². The maximum atomic E-state index is 12.2. The number of rotatable bonds is 7. The topological polar surface area (TPSA) is 40.5 Å². The van der Waals surface area contributed by atoms with Crippen molar-refractivity contribution >= 4 is 23.3 Å². The Bertz CT molecular complexity index is 480. The summed E-state index contributed by atoms with van der Waals surface area (Å²) in [5.41, 5.74) is 0.587. The molecule has 0 bridgehead atoms. The average Bonchev–Trinajstić information content (AvgIpc) is 2.34. The number of aliphatic carboxylic acids is 1. The molecule has 21 heavy (non-hydrogen) atoms. The Kier molecular flexibility index (Phi) is 6.33. The maximum absolute atomic E-state index is 12.2. The lowest BCUT2D eigenvalue weighted by atomic mass is 10.1. The van der Waals surface area contributed by atoms with Gasteiger partial charge in [-0.25, -0.2) is 0 Å². The number of hydrogen-bond acceptors (Lipinski definition) is 2. The molecule has 118 valence electrons. The second kappa shape index (κ2) is 7.54. The number of nitrogens with zero attached hydrogens (tertiary/aromatic N) is 1. The number of carboxylic acids is 1. The molecule has 3 nitrogen and oxygen atoms in total. The van der Waals surface area contributed by atoms with E-state index in [-0.39, 0.29) is 25.4 Å². The summed E-state index contributed by atoms with van der Waals surface area (Å²) in [7, 11) is 0. The molecule has 0 saturated heterocycles. The van der Waals surface area contributed by atoms with Crippen LogP contribution in [-0.2, 0) is 4.79 Å². The summed E-state index contributed by atoms with van der Waals surface area (Å²) in [5.74, 6) is -1.04. The zero-order valence-corrected chi connectivity index (χ0v) is 12.3. The molecule has 0 saturated carbocycles. The van der Waals surface area contributed by atoms with E-state index in [0.29, 0.717) is 10.7 Å². The molecule has 0 aromatic heterocycles. The number of alkyl halides is 3. The molecule has 1 rings (SSSR count). The highest BCUT2D eigenvalue weighted by Gasteiger charge is 2.27. The molecular weight excluding hydrogens is 307 g/mol. The molecule has 0 aliphatic heterocycles. The molecule has 0 aliphatic carbocycles. The number of benzene rings is 1. The largest absolute Gasteiger partial charge is 0.480 e. The van der Waals surface area contributed by atoms with Crippen LogP contribution in [0.4, 0.5) is 18.9 Å². The van der Waals surface area contributed by atoms with Crippen molar-refractivity contribution in [2.45, 2.75) is 38.4 Å². The van der Waals surface area contributed by atoms with Gasteiger partial charge >= 0.3 is 12.1 Å². The van der Waals surface area contributed by atoms with Crippen LogP contribution in [0, 0.1) is 0 Å². The summed E-state index contributed by atoms with van der Waals surface area (Å²) in [6, 6.07) is 6.29. The first kappa shape index (κ1) is 17.6. The Morgan fingerprint density at radius 3 is 2.62 bits per heavy atom. The van der Waals surface area contributed by atoms with Crippen molar-refractivity contribution in [2.24, 2.45) is 0 Å². The molecule has 0 aliphatic rings. The number of carbonyl (C=O) groups is 1. The fourth-order valence-electron chi connectivity index (χ4n) is 2.06. The second-order valence-corrected chi connectivity index (χ2v) is 5.29. The fraction of sp³-hybridized carbons (Fsp3) is 0.500. The van der Waals surface area contributed by atoms with Gasteiger partial charge in [-0.1, -0.05) is 17.7 Å². The van der Waals surface area contributed by atoms with Gasteiger partial charge in [0.05, 0.1) is 0 Å². The van der Waals surface area contributed by atoms with E-state index in [2.05, 4.69) is 0 Å². The smallest absolute Gasteiger partial charge is 0.389 e. The van der Waals surface area contributed by atoms with Crippen molar-refractivity contribution in [1.82, 2.24) is 0 Å². The van der Waals surface area contributed by atoms with Crippen molar-refractivity contribution in [3.8, 4) is 0 Å². The minimum atomic E-state index is -4.19. The predicted molar refractivity (Wildman–Crippen MR) is 75.8 cm³/mol. The maximum Gasteiger partial charge on any atom is 0.389 e. The van der Waals surface area contributed by atoms with Gasteiger partial charge in [0, 0.05) is 23.2 Å². The highest BCUT2D eigenvalue weighted by molar-refractivity contribution is 6.30. The van der Waals surface area contributed by atoms with Gasteiger partial charge in [-0.15, -0.1) is 0 Å². The van der Waals surface area contributed by atoms with Crippen LogP contribution < -0.4 is 4.90 Å². The number of hydrogen-bond donors (Lipinski definition) is 1. The lowest BCUT2D eigenvalue weighted by molar-refractivity contribution is -0.137. The number of halogens is 4. The molecule has 1 unspecified atom stereocenters. The summed E-state index contributed by atoms with van der Waals surface area (Å²) < 4.78 is 36.5. The van der Waals surface area contributed by atoms with Crippen molar-refractivity contribution in [2.75, 3.05) is 11.4 Å². The molecule has 1 aromatic carbocycles. The first-order valence-corrected chi connectivity index (χ1v) is 6.87. The van der Waals surface area contributed by atoms with Crippen LogP contribution in [-0.4, -0.2) is 29.8 Å². The van der Waals surface area contributed by atoms with E-state index in [4.69, 9.17) is 16.7 Å². The third-order valence-corrected chi connectivity index (χ3v) is 3.29. The highest BCUT2D eigenvalue weighted by atomic mass is 35.5. The van der Waals surface area contributed by atoms with Crippen molar-refractivity contribution in [1.29, 1.82) is 0 Å². The number of carboxylic acid groups (broad SMARTS) is 1. The van der Waals surface area contributed by atoms with Crippen LogP contribution in [0.2, 0.25) is 5.02 Å². The third-order valence-electron chi connectivity index (χ3n) is 3.06. The summed E-state index contributed by atoms with van der Waals surface area (Å²) in [5, 5.41) is 9.41. The Labute approximate surface area is 126 Å². The molecule has 0 heterocycles. The predicted octanol–water partition coefficient (Wildman–Crippen LogP) is 4.35. The van der Waals surface area contributed by atoms with E-state index < -0.39 is 18.6 Å². The molecule has 0 amide bonds. The molecule has 1 N–H and O–H groups in total. The monoisotopic (exact) mass is 323 g/mol. The second-order valence-electron chi connectivity index (χ2n) is 4.86. The van der Waals surface area contributed by atoms with Crippen LogP contribution in [0.3, 0.4) is 0 Å². The summed E-state index contributed by atoms with van der Waals surface area (Å²) in [4.78, 5) is 12.5.